The molecular weight excluding hydrogens is 388 g/mol. The Morgan fingerprint density at radius 2 is 1.70 bits per heavy atom. The van der Waals surface area contributed by atoms with Crippen LogP contribution < -0.4 is 5.32 Å². The van der Waals surface area contributed by atoms with Crippen molar-refractivity contribution < 1.29 is 24.5 Å². The predicted octanol–water partition coefficient (Wildman–Crippen LogP) is 1.93. The standard InChI is InChI=1S/C19H22N4O.C2H2O4/c1-2-4-17-15-18(6-5-16(17)3-1)23-9-7-19(21-23)20-8-10-22-11-13-24-14-12-22;3-1(4)2(5)6/h1-7,9,15H,8,10-14H2,(H,20,21);(H,3,4)(H,5,6). The number of carboxylic acids is 2. The van der Waals surface area contributed by atoms with Crippen LogP contribution in [0.1, 0.15) is 0 Å². The number of fused-ring (bicyclic) bond motifs is 1. The maximum absolute atomic E-state index is 9.10. The molecule has 2 aromatic carbocycles. The van der Waals surface area contributed by atoms with Gasteiger partial charge in [0.15, 0.2) is 0 Å². The van der Waals surface area contributed by atoms with E-state index in [1.165, 1.54) is 10.8 Å². The number of nitrogens with one attached hydrogen (secondary N) is 1. The van der Waals surface area contributed by atoms with E-state index in [0.717, 1.165) is 50.9 Å². The number of ether oxygens (including phenoxy) is 1. The highest BCUT2D eigenvalue weighted by atomic mass is 16.5. The number of morpholine rings is 1. The van der Waals surface area contributed by atoms with Crippen molar-refractivity contribution in [2.24, 2.45) is 0 Å². The molecule has 158 valence electrons. The molecular formula is C21H24N4O5. The van der Waals surface area contributed by atoms with E-state index in [2.05, 4.69) is 57.8 Å². The minimum absolute atomic E-state index is 0.844. The number of carbonyl (C=O) groups is 2. The zero-order valence-electron chi connectivity index (χ0n) is 16.4. The highest BCUT2D eigenvalue weighted by molar-refractivity contribution is 6.27. The summed E-state index contributed by atoms with van der Waals surface area (Å²) < 4.78 is 7.29. The van der Waals surface area contributed by atoms with E-state index in [-0.39, 0.29) is 0 Å². The van der Waals surface area contributed by atoms with E-state index in [0.29, 0.717) is 0 Å². The van der Waals surface area contributed by atoms with Crippen molar-refractivity contribution in [2.45, 2.75) is 0 Å². The van der Waals surface area contributed by atoms with Crippen LogP contribution in [0.5, 0.6) is 0 Å². The van der Waals surface area contributed by atoms with Gasteiger partial charge in [-0.1, -0.05) is 30.3 Å². The van der Waals surface area contributed by atoms with Gasteiger partial charge in [-0.2, -0.15) is 5.10 Å². The van der Waals surface area contributed by atoms with Crippen molar-refractivity contribution in [2.75, 3.05) is 44.7 Å². The molecule has 3 aromatic rings. The molecule has 4 rings (SSSR count). The fourth-order valence-corrected chi connectivity index (χ4v) is 3.05. The molecule has 9 nitrogen and oxygen atoms in total. The summed E-state index contributed by atoms with van der Waals surface area (Å²) in [6.45, 7) is 5.65. The van der Waals surface area contributed by atoms with Gasteiger partial charge in [0, 0.05) is 38.4 Å². The Kier molecular flexibility index (Phi) is 7.36. The molecule has 30 heavy (non-hydrogen) atoms. The van der Waals surface area contributed by atoms with Gasteiger partial charge in [0.05, 0.1) is 18.9 Å². The SMILES string of the molecule is O=C(O)C(=O)O.c1ccc2cc(-n3ccc(NCCN4CCOCC4)n3)ccc2c1. The summed E-state index contributed by atoms with van der Waals surface area (Å²) in [5, 5.41) is 25.3. The van der Waals surface area contributed by atoms with Crippen LogP contribution in [0.15, 0.2) is 54.7 Å². The van der Waals surface area contributed by atoms with Crippen LogP contribution in [0.3, 0.4) is 0 Å². The van der Waals surface area contributed by atoms with Gasteiger partial charge in [-0.15, -0.1) is 0 Å². The monoisotopic (exact) mass is 412 g/mol. The lowest BCUT2D eigenvalue weighted by atomic mass is 10.1. The fraction of sp³-hybridized carbons (Fsp3) is 0.286. The fourth-order valence-electron chi connectivity index (χ4n) is 3.05. The third-order valence-electron chi connectivity index (χ3n) is 4.61. The molecule has 0 aliphatic carbocycles. The summed E-state index contributed by atoms with van der Waals surface area (Å²) in [5.74, 6) is -2.73. The Morgan fingerprint density at radius 3 is 2.40 bits per heavy atom. The zero-order valence-corrected chi connectivity index (χ0v) is 16.4. The van der Waals surface area contributed by atoms with Gasteiger partial charge >= 0.3 is 11.9 Å². The number of hydrogen-bond acceptors (Lipinski definition) is 6. The predicted molar refractivity (Wildman–Crippen MR) is 112 cm³/mol. The topological polar surface area (TPSA) is 117 Å². The average Bonchev–Trinajstić information content (AvgIpc) is 3.23. The second-order valence-electron chi connectivity index (χ2n) is 6.67. The smallest absolute Gasteiger partial charge is 0.414 e. The lowest BCUT2D eigenvalue weighted by Gasteiger charge is -2.26. The first-order chi connectivity index (χ1) is 14.5. The number of anilines is 1. The highest BCUT2D eigenvalue weighted by Crippen LogP contribution is 2.18. The summed E-state index contributed by atoms with van der Waals surface area (Å²) in [6, 6.07) is 16.8. The molecule has 1 aliphatic rings. The normalized spacial score (nSPS) is 14.0. The van der Waals surface area contributed by atoms with Crippen molar-refractivity contribution in [3.8, 4) is 5.69 Å². The van der Waals surface area contributed by atoms with Crippen LogP contribution in [0.25, 0.3) is 16.5 Å². The zero-order chi connectivity index (χ0) is 21.3. The second-order valence-corrected chi connectivity index (χ2v) is 6.67. The van der Waals surface area contributed by atoms with Crippen molar-refractivity contribution in [1.29, 1.82) is 0 Å². The Hall–Kier alpha value is -3.43. The summed E-state index contributed by atoms with van der Waals surface area (Å²) >= 11 is 0. The number of hydrogen-bond donors (Lipinski definition) is 3. The molecule has 1 aromatic heterocycles. The van der Waals surface area contributed by atoms with Crippen LogP contribution in [0.2, 0.25) is 0 Å². The first-order valence-electron chi connectivity index (χ1n) is 9.58. The van der Waals surface area contributed by atoms with Gasteiger partial charge in [0.25, 0.3) is 0 Å². The van der Waals surface area contributed by atoms with Crippen molar-refractivity contribution in [1.82, 2.24) is 14.7 Å². The summed E-state index contributed by atoms with van der Waals surface area (Å²) in [5.41, 5.74) is 1.08. The van der Waals surface area contributed by atoms with Gasteiger partial charge in [-0.3, -0.25) is 4.90 Å². The molecule has 9 heteroatoms. The molecule has 1 fully saturated rings. The molecule has 0 atom stereocenters. The van der Waals surface area contributed by atoms with Crippen LogP contribution in [-0.4, -0.2) is 76.2 Å². The first kappa shape index (κ1) is 21.3. The van der Waals surface area contributed by atoms with Crippen molar-refractivity contribution >= 4 is 28.5 Å². The number of carboxylic acid groups (broad SMARTS) is 2. The Balaban J connectivity index is 0.000000377. The molecule has 0 amide bonds. The average molecular weight is 412 g/mol. The maximum atomic E-state index is 9.10. The van der Waals surface area contributed by atoms with E-state index >= 15 is 0 Å². The van der Waals surface area contributed by atoms with Gasteiger partial charge in [0.1, 0.15) is 5.82 Å². The van der Waals surface area contributed by atoms with Gasteiger partial charge in [0.2, 0.25) is 0 Å². The molecule has 0 saturated carbocycles. The van der Waals surface area contributed by atoms with Crippen LogP contribution in [0.4, 0.5) is 5.82 Å². The number of benzene rings is 2. The molecule has 0 unspecified atom stereocenters. The Bertz CT molecular complexity index is 986. The summed E-state index contributed by atoms with van der Waals surface area (Å²) in [6.07, 6.45) is 2.00. The molecule has 0 spiro atoms. The molecule has 2 heterocycles. The largest absolute Gasteiger partial charge is 0.473 e. The van der Waals surface area contributed by atoms with Crippen LogP contribution in [0, 0.1) is 0 Å². The highest BCUT2D eigenvalue weighted by Gasteiger charge is 2.09. The quantitative estimate of drug-likeness (QED) is 0.544. The van der Waals surface area contributed by atoms with Crippen molar-refractivity contribution in [3.63, 3.8) is 0 Å². The number of aliphatic carboxylic acids is 2. The van der Waals surface area contributed by atoms with Gasteiger partial charge in [-0.25, -0.2) is 14.3 Å². The summed E-state index contributed by atoms with van der Waals surface area (Å²) in [7, 11) is 0. The van der Waals surface area contributed by atoms with E-state index in [1.54, 1.807) is 0 Å². The number of nitrogens with zero attached hydrogens (tertiary/aromatic N) is 3. The molecule has 0 radical (unpaired) electrons. The van der Waals surface area contributed by atoms with Gasteiger partial charge in [-0.05, 0) is 22.9 Å². The Labute approximate surface area is 173 Å². The molecule has 0 bridgehead atoms. The Morgan fingerprint density at radius 1 is 1.00 bits per heavy atom. The van der Waals surface area contributed by atoms with E-state index in [9.17, 15) is 0 Å². The van der Waals surface area contributed by atoms with Crippen LogP contribution >= 0.6 is 0 Å². The number of aromatic nitrogens is 2. The molecule has 1 saturated heterocycles. The minimum atomic E-state index is -1.82. The second kappa shape index (κ2) is 10.4. The number of rotatable bonds is 5. The van der Waals surface area contributed by atoms with E-state index in [4.69, 9.17) is 24.5 Å². The third-order valence-corrected chi connectivity index (χ3v) is 4.61. The maximum Gasteiger partial charge on any atom is 0.414 e. The molecule has 3 N–H and O–H groups in total. The third kappa shape index (κ3) is 6.03. The minimum Gasteiger partial charge on any atom is -0.473 e. The first-order valence-corrected chi connectivity index (χ1v) is 9.58. The lowest BCUT2D eigenvalue weighted by Crippen LogP contribution is -2.39. The van der Waals surface area contributed by atoms with Gasteiger partial charge < -0.3 is 20.3 Å². The van der Waals surface area contributed by atoms with E-state index < -0.39 is 11.9 Å². The van der Waals surface area contributed by atoms with E-state index in [1.807, 2.05) is 16.9 Å². The van der Waals surface area contributed by atoms with Crippen LogP contribution in [-0.2, 0) is 14.3 Å². The summed E-state index contributed by atoms with van der Waals surface area (Å²) in [4.78, 5) is 20.6. The van der Waals surface area contributed by atoms with Crippen molar-refractivity contribution in [3.05, 3.63) is 54.7 Å². The molecule has 1 aliphatic heterocycles. The lowest BCUT2D eigenvalue weighted by molar-refractivity contribution is -0.159.